The number of carbonyl (C=O) groups excluding carboxylic acids is 1. The molecule has 1 saturated heterocycles. The maximum absolute atomic E-state index is 13.9. The molecule has 0 aromatic heterocycles. The van der Waals surface area contributed by atoms with Gasteiger partial charge in [-0.25, -0.2) is 4.39 Å². The lowest BCUT2D eigenvalue weighted by atomic mass is 10.1. The largest absolute Gasteiger partial charge is 0.336 e. The number of halogens is 2. The van der Waals surface area contributed by atoms with Crippen LogP contribution >= 0.6 is 11.6 Å². The molecule has 126 valence electrons. The SMILES string of the molecule is Cc1cccc(C(=O)N2CCN(Cc3c(F)cccc3Cl)CC2)c1. The van der Waals surface area contributed by atoms with Gasteiger partial charge in [0.1, 0.15) is 5.82 Å². The second-order valence-corrected chi connectivity index (χ2v) is 6.55. The number of piperazine rings is 1. The van der Waals surface area contributed by atoms with E-state index < -0.39 is 0 Å². The molecule has 5 heteroatoms. The van der Waals surface area contributed by atoms with Crippen LogP contribution in [0.15, 0.2) is 42.5 Å². The van der Waals surface area contributed by atoms with Crippen LogP contribution in [0.25, 0.3) is 0 Å². The predicted molar refractivity (Wildman–Crippen MR) is 93.8 cm³/mol. The summed E-state index contributed by atoms with van der Waals surface area (Å²) in [6.45, 7) is 5.15. The van der Waals surface area contributed by atoms with Crippen molar-refractivity contribution in [1.82, 2.24) is 9.80 Å². The van der Waals surface area contributed by atoms with Gasteiger partial charge in [-0.2, -0.15) is 0 Å². The van der Waals surface area contributed by atoms with E-state index in [0.29, 0.717) is 43.3 Å². The van der Waals surface area contributed by atoms with Crippen molar-refractivity contribution < 1.29 is 9.18 Å². The quantitative estimate of drug-likeness (QED) is 0.845. The lowest BCUT2D eigenvalue weighted by Crippen LogP contribution is -2.48. The lowest BCUT2D eigenvalue weighted by Gasteiger charge is -2.35. The first-order valence-electron chi connectivity index (χ1n) is 8.06. The fourth-order valence-electron chi connectivity index (χ4n) is 2.98. The number of benzene rings is 2. The Morgan fingerprint density at radius 3 is 2.50 bits per heavy atom. The fraction of sp³-hybridized carbons (Fsp3) is 0.316. The number of hydrogen-bond acceptors (Lipinski definition) is 2. The summed E-state index contributed by atoms with van der Waals surface area (Å²) in [5, 5.41) is 0.452. The molecule has 24 heavy (non-hydrogen) atoms. The minimum absolute atomic E-state index is 0.0577. The molecule has 0 unspecified atom stereocenters. The van der Waals surface area contributed by atoms with Crippen LogP contribution in [0.3, 0.4) is 0 Å². The molecule has 0 radical (unpaired) electrons. The van der Waals surface area contributed by atoms with E-state index in [-0.39, 0.29) is 11.7 Å². The first-order valence-corrected chi connectivity index (χ1v) is 8.43. The van der Waals surface area contributed by atoms with E-state index in [1.54, 1.807) is 12.1 Å². The number of amides is 1. The van der Waals surface area contributed by atoms with E-state index in [0.717, 1.165) is 11.1 Å². The van der Waals surface area contributed by atoms with E-state index in [9.17, 15) is 9.18 Å². The Labute approximate surface area is 146 Å². The first kappa shape index (κ1) is 16.9. The minimum atomic E-state index is -0.277. The zero-order valence-electron chi connectivity index (χ0n) is 13.6. The van der Waals surface area contributed by atoms with Crippen molar-refractivity contribution in [3.05, 3.63) is 70.0 Å². The van der Waals surface area contributed by atoms with Gasteiger partial charge in [0.15, 0.2) is 0 Å². The van der Waals surface area contributed by atoms with Crippen molar-refractivity contribution in [2.75, 3.05) is 26.2 Å². The minimum Gasteiger partial charge on any atom is -0.336 e. The molecule has 1 amide bonds. The van der Waals surface area contributed by atoms with Gasteiger partial charge in [0.25, 0.3) is 5.91 Å². The van der Waals surface area contributed by atoms with Crippen LogP contribution in [0, 0.1) is 12.7 Å². The van der Waals surface area contributed by atoms with Crippen molar-refractivity contribution in [2.45, 2.75) is 13.5 Å². The van der Waals surface area contributed by atoms with Crippen LogP contribution in [0.2, 0.25) is 5.02 Å². The zero-order valence-corrected chi connectivity index (χ0v) is 14.4. The van der Waals surface area contributed by atoms with Gasteiger partial charge in [0, 0.05) is 48.9 Å². The van der Waals surface area contributed by atoms with Gasteiger partial charge >= 0.3 is 0 Å². The van der Waals surface area contributed by atoms with Crippen LogP contribution < -0.4 is 0 Å². The molecule has 2 aromatic rings. The zero-order chi connectivity index (χ0) is 17.1. The summed E-state index contributed by atoms with van der Waals surface area (Å²) in [6, 6.07) is 12.4. The third-order valence-corrected chi connectivity index (χ3v) is 4.72. The van der Waals surface area contributed by atoms with E-state index in [1.165, 1.54) is 6.07 Å². The molecule has 1 heterocycles. The molecule has 3 rings (SSSR count). The van der Waals surface area contributed by atoms with E-state index in [4.69, 9.17) is 11.6 Å². The molecule has 0 N–H and O–H groups in total. The summed E-state index contributed by atoms with van der Waals surface area (Å²) in [5.74, 6) is -0.219. The maximum Gasteiger partial charge on any atom is 0.253 e. The van der Waals surface area contributed by atoms with E-state index in [1.807, 2.05) is 36.1 Å². The van der Waals surface area contributed by atoms with Crippen molar-refractivity contribution >= 4 is 17.5 Å². The average molecular weight is 347 g/mol. The summed E-state index contributed by atoms with van der Waals surface area (Å²) in [5.41, 5.74) is 2.33. The number of carbonyl (C=O) groups is 1. The second kappa shape index (κ2) is 7.32. The third-order valence-electron chi connectivity index (χ3n) is 4.37. The molecule has 0 spiro atoms. The highest BCUT2D eigenvalue weighted by atomic mass is 35.5. The van der Waals surface area contributed by atoms with Gasteiger partial charge in [-0.05, 0) is 31.2 Å². The molecule has 0 bridgehead atoms. The summed E-state index contributed by atoms with van der Waals surface area (Å²) in [6.07, 6.45) is 0. The number of nitrogens with zero attached hydrogens (tertiary/aromatic N) is 2. The lowest BCUT2D eigenvalue weighted by molar-refractivity contribution is 0.0627. The number of rotatable bonds is 3. The molecule has 2 aromatic carbocycles. The van der Waals surface area contributed by atoms with Crippen LogP contribution in [-0.2, 0) is 6.54 Å². The fourth-order valence-corrected chi connectivity index (χ4v) is 3.20. The molecule has 0 saturated carbocycles. The molecular formula is C19H20ClFN2O. The molecule has 3 nitrogen and oxygen atoms in total. The summed E-state index contributed by atoms with van der Waals surface area (Å²) in [7, 11) is 0. The smallest absolute Gasteiger partial charge is 0.253 e. The predicted octanol–water partition coefficient (Wildman–Crippen LogP) is 3.75. The van der Waals surface area contributed by atoms with Crippen LogP contribution in [0.4, 0.5) is 4.39 Å². The molecule has 1 fully saturated rings. The normalized spacial score (nSPS) is 15.5. The Morgan fingerprint density at radius 2 is 1.83 bits per heavy atom. The second-order valence-electron chi connectivity index (χ2n) is 6.14. The number of hydrogen-bond donors (Lipinski definition) is 0. The van der Waals surface area contributed by atoms with Crippen molar-refractivity contribution in [1.29, 1.82) is 0 Å². The van der Waals surface area contributed by atoms with Gasteiger partial charge in [-0.15, -0.1) is 0 Å². The van der Waals surface area contributed by atoms with Gasteiger partial charge in [-0.3, -0.25) is 9.69 Å². The monoisotopic (exact) mass is 346 g/mol. The van der Waals surface area contributed by atoms with E-state index in [2.05, 4.69) is 4.90 Å². The number of aryl methyl sites for hydroxylation is 1. The van der Waals surface area contributed by atoms with Crippen molar-refractivity contribution in [3.63, 3.8) is 0 Å². The Kier molecular flexibility index (Phi) is 5.17. The highest BCUT2D eigenvalue weighted by Crippen LogP contribution is 2.21. The molecule has 0 aliphatic carbocycles. The topological polar surface area (TPSA) is 23.6 Å². The molecule has 0 atom stereocenters. The van der Waals surface area contributed by atoms with E-state index >= 15 is 0 Å². The molecular weight excluding hydrogens is 327 g/mol. The van der Waals surface area contributed by atoms with Gasteiger partial charge in [0.05, 0.1) is 0 Å². The average Bonchev–Trinajstić information content (AvgIpc) is 2.58. The third kappa shape index (κ3) is 3.77. The van der Waals surface area contributed by atoms with Crippen molar-refractivity contribution in [3.8, 4) is 0 Å². The summed E-state index contributed by atoms with van der Waals surface area (Å²) >= 11 is 6.09. The first-order chi connectivity index (χ1) is 11.5. The Hall–Kier alpha value is -1.91. The Balaban J connectivity index is 1.61. The highest BCUT2D eigenvalue weighted by molar-refractivity contribution is 6.31. The van der Waals surface area contributed by atoms with Gasteiger partial charge in [-0.1, -0.05) is 35.4 Å². The Morgan fingerprint density at radius 1 is 1.12 bits per heavy atom. The van der Waals surface area contributed by atoms with Crippen molar-refractivity contribution in [2.24, 2.45) is 0 Å². The van der Waals surface area contributed by atoms with Crippen LogP contribution in [-0.4, -0.2) is 41.9 Å². The van der Waals surface area contributed by atoms with Gasteiger partial charge < -0.3 is 4.90 Å². The molecule has 1 aliphatic rings. The van der Waals surface area contributed by atoms with Crippen LogP contribution in [0.5, 0.6) is 0 Å². The molecule has 1 aliphatic heterocycles. The maximum atomic E-state index is 13.9. The summed E-state index contributed by atoms with van der Waals surface area (Å²) < 4.78 is 13.9. The standard InChI is InChI=1S/C19H20ClFN2O/c1-14-4-2-5-15(12-14)19(24)23-10-8-22(9-11-23)13-16-17(20)6-3-7-18(16)21/h2-7,12H,8-11,13H2,1H3. The highest BCUT2D eigenvalue weighted by Gasteiger charge is 2.23. The Bertz CT molecular complexity index is 722. The summed E-state index contributed by atoms with van der Waals surface area (Å²) in [4.78, 5) is 16.5. The van der Waals surface area contributed by atoms with Gasteiger partial charge in [0.2, 0.25) is 0 Å². The van der Waals surface area contributed by atoms with Crippen LogP contribution in [0.1, 0.15) is 21.5 Å².